The molecular formula is C23H34O5. The molecule has 0 saturated heterocycles. The van der Waals surface area contributed by atoms with E-state index in [0.29, 0.717) is 30.0 Å². The van der Waals surface area contributed by atoms with Crippen LogP contribution in [-0.2, 0) is 23.9 Å². The van der Waals surface area contributed by atoms with E-state index in [1.165, 1.54) is 13.8 Å². The van der Waals surface area contributed by atoms with Gasteiger partial charge in [-0.15, -0.1) is 0 Å². The molecule has 5 heteroatoms. The van der Waals surface area contributed by atoms with Crippen LogP contribution in [0.5, 0.6) is 0 Å². The monoisotopic (exact) mass is 390 g/mol. The molecule has 4 fully saturated rings. The third-order valence-electron chi connectivity index (χ3n) is 8.98. The van der Waals surface area contributed by atoms with Crippen LogP contribution in [0, 0.1) is 34.5 Å². The van der Waals surface area contributed by atoms with Gasteiger partial charge in [0.25, 0.3) is 0 Å². The molecule has 4 rings (SSSR count). The first-order chi connectivity index (χ1) is 13.1. The van der Waals surface area contributed by atoms with Crippen molar-refractivity contribution in [3.8, 4) is 0 Å². The molecule has 0 aromatic heterocycles. The van der Waals surface area contributed by atoms with Gasteiger partial charge < -0.3 is 9.47 Å². The summed E-state index contributed by atoms with van der Waals surface area (Å²) in [7, 11) is 0. The van der Waals surface area contributed by atoms with E-state index in [-0.39, 0.29) is 40.9 Å². The van der Waals surface area contributed by atoms with Crippen molar-refractivity contribution in [3.05, 3.63) is 0 Å². The molecule has 0 amide bonds. The van der Waals surface area contributed by atoms with E-state index in [2.05, 4.69) is 13.8 Å². The van der Waals surface area contributed by atoms with Crippen LogP contribution < -0.4 is 0 Å². The number of esters is 2. The summed E-state index contributed by atoms with van der Waals surface area (Å²) in [5.74, 6) is 1.12. The Morgan fingerprint density at radius 3 is 2.21 bits per heavy atom. The smallest absolute Gasteiger partial charge is 0.302 e. The largest absolute Gasteiger partial charge is 0.463 e. The Labute approximate surface area is 167 Å². The predicted molar refractivity (Wildman–Crippen MR) is 103 cm³/mol. The maximum Gasteiger partial charge on any atom is 0.302 e. The minimum absolute atomic E-state index is 0.0337. The van der Waals surface area contributed by atoms with Gasteiger partial charge in [0.05, 0.1) is 0 Å². The minimum atomic E-state index is -0.218. The van der Waals surface area contributed by atoms with Gasteiger partial charge in [0.15, 0.2) is 0 Å². The highest BCUT2D eigenvalue weighted by molar-refractivity contribution is 5.83. The summed E-state index contributed by atoms with van der Waals surface area (Å²) in [5, 5.41) is 0. The van der Waals surface area contributed by atoms with Gasteiger partial charge in [-0.3, -0.25) is 14.4 Å². The fraction of sp³-hybridized carbons (Fsp3) is 0.870. The van der Waals surface area contributed by atoms with Gasteiger partial charge in [-0.2, -0.15) is 0 Å². The molecule has 0 bridgehead atoms. The second-order valence-electron chi connectivity index (χ2n) is 10.3. The first-order valence-electron chi connectivity index (χ1n) is 11.0. The van der Waals surface area contributed by atoms with Crippen LogP contribution in [0.25, 0.3) is 0 Å². The average Bonchev–Trinajstić information content (AvgIpc) is 2.92. The number of fused-ring (bicyclic) bond motifs is 5. The molecule has 4 aliphatic rings. The zero-order valence-corrected chi connectivity index (χ0v) is 17.7. The normalized spacial score (nSPS) is 47.5. The molecule has 0 aliphatic heterocycles. The Balaban J connectivity index is 1.57. The second-order valence-corrected chi connectivity index (χ2v) is 10.3. The molecule has 4 saturated carbocycles. The van der Waals surface area contributed by atoms with Crippen molar-refractivity contribution in [1.29, 1.82) is 0 Å². The van der Waals surface area contributed by atoms with Gasteiger partial charge in [0.2, 0.25) is 0 Å². The average molecular weight is 391 g/mol. The quantitative estimate of drug-likeness (QED) is 0.665. The molecule has 0 aromatic rings. The molecule has 6 unspecified atom stereocenters. The topological polar surface area (TPSA) is 69.7 Å². The van der Waals surface area contributed by atoms with E-state index < -0.39 is 0 Å². The summed E-state index contributed by atoms with van der Waals surface area (Å²) in [6.07, 6.45) is 7.21. The highest BCUT2D eigenvalue weighted by Gasteiger charge is 2.63. The SMILES string of the molecule is CC(=O)OC1CCC2C3C(=O)C[C@H]4C[C@H](OC(C)=O)CCC4(C)C3CCC12C. The van der Waals surface area contributed by atoms with Crippen LogP contribution in [0.1, 0.15) is 79.1 Å². The Hall–Kier alpha value is -1.39. The summed E-state index contributed by atoms with van der Waals surface area (Å²) in [6.45, 7) is 7.58. The molecule has 8 atom stereocenters. The number of hydrogen-bond donors (Lipinski definition) is 0. The van der Waals surface area contributed by atoms with Gasteiger partial charge in [-0.05, 0) is 68.1 Å². The van der Waals surface area contributed by atoms with Crippen molar-refractivity contribution in [3.63, 3.8) is 0 Å². The van der Waals surface area contributed by atoms with Crippen LogP contribution in [0.4, 0.5) is 0 Å². The molecule has 5 nitrogen and oxygen atoms in total. The predicted octanol–water partition coefficient (Wildman–Crippen LogP) is 4.07. The lowest BCUT2D eigenvalue weighted by Gasteiger charge is -2.59. The molecule has 0 spiro atoms. The first kappa shape index (κ1) is 19.9. The number of hydrogen-bond acceptors (Lipinski definition) is 5. The van der Waals surface area contributed by atoms with E-state index >= 15 is 0 Å². The highest BCUT2D eigenvalue weighted by atomic mass is 16.5. The minimum Gasteiger partial charge on any atom is -0.463 e. The highest BCUT2D eigenvalue weighted by Crippen LogP contribution is 2.65. The molecule has 28 heavy (non-hydrogen) atoms. The van der Waals surface area contributed by atoms with Gasteiger partial charge in [0, 0.05) is 31.6 Å². The van der Waals surface area contributed by atoms with Gasteiger partial charge >= 0.3 is 11.9 Å². The van der Waals surface area contributed by atoms with Gasteiger partial charge in [0.1, 0.15) is 18.0 Å². The van der Waals surface area contributed by atoms with Crippen molar-refractivity contribution >= 4 is 17.7 Å². The summed E-state index contributed by atoms with van der Waals surface area (Å²) >= 11 is 0. The Bertz CT molecular complexity index is 686. The lowest BCUT2D eigenvalue weighted by molar-refractivity contribution is -0.173. The van der Waals surface area contributed by atoms with Gasteiger partial charge in [-0.1, -0.05) is 13.8 Å². The summed E-state index contributed by atoms with van der Waals surface area (Å²) in [4.78, 5) is 36.3. The van der Waals surface area contributed by atoms with Gasteiger partial charge in [-0.25, -0.2) is 0 Å². The van der Waals surface area contributed by atoms with Crippen LogP contribution in [-0.4, -0.2) is 29.9 Å². The standard InChI is InChI=1S/C23H34O5/c1-13(24)27-16-7-9-22(3)15(11-16)12-19(26)21-17-5-6-20(28-14(2)25)23(17,4)10-8-18(21)22/h15-18,20-21H,5-12H2,1-4H3/t15-,16-,17?,18?,20?,21?,22?,23?/m1/s1. The molecular weight excluding hydrogens is 356 g/mol. The molecule has 4 aliphatic carbocycles. The zero-order chi connectivity index (χ0) is 20.3. The Morgan fingerprint density at radius 1 is 0.893 bits per heavy atom. The van der Waals surface area contributed by atoms with Crippen LogP contribution >= 0.6 is 0 Å². The molecule has 156 valence electrons. The maximum atomic E-state index is 13.4. The first-order valence-corrected chi connectivity index (χ1v) is 11.0. The second kappa shape index (κ2) is 6.84. The van der Waals surface area contributed by atoms with E-state index in [0.717, 1.165) is 44.9 Å². The number of ketones is 1. The zero-order valence-electron chi connectivity index (χ0n) is 17.7. The fourth-order valence-corrected chi connectivity index (χ4v) is 7.58. The van der Waals surface area contributed by atoms with Crippen molar-refractivity contribution in [2.75, 3.05) is 0 Å². The van der Waals surface area contributed by atoms with E-state index in [1.807, 2.05) is 0 Å². The summed E-state index contributed by atoms with van der Waals surface area (Å²) < 4.78 is 11.2. The molecule has 0 aromatic carbocycles. The number of rotatable bonds is 2. The Morgan fingerprint density at radius 2 is 1.54 bits per heavy atom. The Kier molecular flexibility index (Phi) is 4.86. The summed E-state index contributed by atoms with van der Waals surface area (Å²) in [6, 6.07) is 0. The molecule has 0 heterocycles. The number of carbonyl (C=O) groups excluding carboxylic acids is 3. The van der Waals surface area contributed by atoms with Crippen LogP contribution in [0.3, 0.4) is 0 Å². The van der Waals surface area contributed by atoms with Crippen molar-refractivity contribution < 1.29 is 23.9 Å². The number of carbonyl (C=O) groups is 3. The van der Waals surface area contributed by atoms with Crippen molar-refractivity contribution in [2.45, 2.75) is 91.3 Å². The van der Waals surface area contributed by atoms with E-state index in [4.69, 9.17) is 9.47 Å². The third-order valence-corrected chi connectivity index (χ3v) is 8.98. The molecule has 0 N–H and O–H groups in total. The van der Waals surface area contributed by atoms with Crippen LogP contribution in [0.2, 0.25) is 0 Å². The number of Topliss-reactive ketones (excluding diaryl/α,β-unsaturated/α-hetero) is 1. The lowest BCUT2D eigenvalue weighted by atomic mass is 9.45. The fourth-order valence-electron chi connectivity index (χ4n) is 7.58. The van der Waals surface area contributed by atoms with Crippen molar-refractivity contribution in [1.82, 2.24) is 0 Å². The van der Waals surface area contributed by atoms with Crippen LogP contribution in [0.15, 0.2) is 0 Å². The van der Waals surface area contributed by atoms with Crippen molar-refractivity contribution in [2.24, 2.45) is 34.5 Å². The van der Waals surface area contributed by atoms with E-state index in [9.17, 15) is 14.4 Å². The molecule has 0 radical (unpaired) electrons. The van der Waals surface area contributed by atoms with E-state index in [1.54, 1.807) is 0 Å². The maximum absolute atomic E-state index is 13.4. The number of ether oxygens (including phenoxy) is 2. The summed E-state index contributed by atoms with van der Waals surface area (Å²) in [5.41, 5.74) is 0.0801. The third kappa shape index (κ3) is 3.00. The lowest BCUT2D eigenvalue weighted by Crippen LogP contribution is -2.58.